The van der Waals surface area contributed by atoms with Crippen molar-refractivity contribution in [3.05, 3.63) is 34.8 Å². The summed E-state index contributed by atoms with van der Waals surface area (Å²) < 4.78 is 0. The molecule has 1 aliphatic carbocycles. The number of likely N-dealkylation sites (N-methyl/N-ethyl adjacent to an activating group) is 1. The third-order valence-corrected chi connectivity index (χ3v) is 6.84. The highest BCUT2D eigenvalue weighted by Crippen LogP contribution is 2.46. The lowest BCUT2D eigenvalue weighted by molar-refractivity contribution is 0.226. The van der Waals surface area contributed by atoms with E-state index in [0.29, 0.717) is 21.7 Å². The van der Waals surface area contributed by atoms with Crippen molar-refractivity contribution in [3.8, 4) is 0 Å². The highest BCUT2D eigenvalue weighted by atomic mass is 35.5. The predicted molar refractivity (Wildman–Crippen MR) is 114 cm³/mol. The quantitative estimate of drug-likeness (QED) is 0.578. The van der Waals surface area contributed by atoms with Gasteiger partial charge in [0, 0.05) is 18.7 Å². The number of nitrogen functional groups attached to an aromatic ring is 1. The fraction of sp³-hybridized carbons (Fsp3) is 0.550. The highest BCUT2D eigenvalue weighted by Gasteiger charge is 2.37. The van der Waals surface area contributed by atoms with Gasteiger partial charge in [0.15, 0.2) is 5.82 Å². The molecule has 1 saturated carbocycles. The van der Waals surface area contributed by atoms with Crippen molar-refractivity contribution in [3.63, 3.8) is 0 Å². The maximum absolute atomic E-state index is 8.54. The molecule has 2 fully saturated rings. The first-order valence-corrected chi connectivity index (χ1v) is 10.4. The Morgan fingerprint density at radius 2 is 2.04 bits per heavy atom. The number of nitrogens with zero attached hydrogens (tertiary/aromatic N) is 3. The molecule has 0 amide bonds. The predicted octanol–water partition coefficient (Wildman–Crippen LogP) is 2.74. The lowest BCUT2D eigenvalue weighted by atomic mass is 9.77. The molecule has 0 aromatic carbocycles. The molecular formula is C20H28ClN7. The zero-order chi connectivity index (χ0) is 19.7. The van der Waals surface area contributed by atoms with Gasteiger partial charge in [0.1, 0.15) is 17.7 Å². The zero-order valence-corrected chi connectivity index (χ0v) is 17.0. The first-order valence-electron chi connectivity index (χ1n) is 9.99. The normalized spacial score (nSPS) is 23.9. The van der Waals surface area contributed by atoms with Crippen LogP contribution in [-0.2, 0) is 0 Å². The van der Waals surface area contributed by atoms with Crippen molar-refractivity contribution >= 4 is 28.9 Å². The van der Waals surface area contributed by atoms with Gasteiger partial charge in [-0.3, -0.25) is 10.7 Å². The van der Waals surface area contributed by atoms with Crippen molar-refractivity contribution < 1.29 is 0 Å². The Labute approximate surface area is 171 Å². The van der Waals surface area contributed by atoms with Gasteiger partial charge in [-0.15, -0.1) is 0 Å². The lowest BCUT2D eigenvalue weighted by Gasteiger charge is -2.39. The summed E-state index contributed by atoms with van der Waals surface area (Å²) in [5, 5.41) is 15.2. The number of anilines is 2. The summed E-state index contributed by atoms with van der Waals surface area (Å²) in [4.78, 5) is 11.3. The number of dihydropyridines is 1. The minimum absolute atomic E-state index is 0.183. The SMILES string of the molecule is CNC1NC=CC(C(=N)c2ncc(N3CCC4(CCCC4)CC3)nc2N)=C1Cl. The molecule has 7 nitrogen and oxygen atoms in total. The van der Waals surface area contributed by atoms with Crippen LogP contribution >= 0.6 is 11.6 Å². The molecule has 3 aliphatic rings. The molecule has 0 bridgehead atoms. The summed E-state index contributed by atoms with van der Waals surface area (Å²) >= 11 is 6.42. The van der Waals surface area contributed by atoms with Crippen LogP contribution in [0, 0.1) is 10.8 Å². The van der Waals surface area contributed by atoms with Crippen molar-refractivity contribution in [2.45, 2.75) is 44.7 Å². The van der Waals surface area contributed by atoms with Crippen molar-refractivity contribution in [2.75, 3.05) is 30.8 Å². The topological polar surface area (TPSA) is 103 Å². The minimum Gasteiger partial charge on any atom is -0.382 e. The summed E-state index contributed by atoms with van der Waals surface area (Å²) in [5.41, 5.74) is 7.90. The van der Waals surface area contributed by atoms with E-state index in [0.717, 1.165) is 18.9 Å². The molecule has 3 heterocycles. The van der Waals surface area contributed by atoms with E-state index in [4.69, 9.17) is 22.7 Å². The van der Waals surface area contributed by atoms with Gasteiger partial charge in [-0.25, -0.2) is 9.97 Å². The second-order valence-corrected chi connectivity index (χ2v) is 8.42. The summed E-state index contributed by atoms with van der Waals surface area (Å²) in [7, 11) is 1.80. The molecule has 4 rings (SSSR count). The van der Waals surface area contributed by atoms with Gasteiger partial charge >= 0.3 is 0 Å². The first kappa shape index (κ1) is 19.2. The molecule has 1 aromatic rings. The van der Waals surface area contributed by atoms with Crippen molar-refractivity contribution in [1.29, 1.82) is 5.41 Å². The van der Waals surface area contributed by atoms with E-state index in [1.807, 2.05) is 0 Å². The van der Waals surface area contributed by atoms with E-state index in [1.54, 1.807) is 25.5 Å². The van der Waals surface area contributed by atoms with Crippen LogP contribution in [-0.4, -0.2) is 42.0 Å². The number of hydrogen-bond acceptors (Lipinski definition) is 7. The highest BCUT2D eigenvalue weighted by molar-refractivity contribution is 6.34. The number of nitrogens with two attached hydrogens (primary N) is 1. The fourth-order valence-electron chi connectivity index (χ4n) is 4.65. The van der Waals surface area contributed by atoms with Crippen LogP contribution in [0.15, 0.2) is 29.1 Å². The molecule has 1 aromatic heterocycles. The minimum atomic E-state index is -0.230. The molecule has 28 heavy (non-hydrogen) atoms. The number of rotatable bonds is 4. The number of allylic oxidation sites excluding steroid dienone is 2. The number of piperidine rings is 1. The molecule has 1 saturated heterocycles. The monoisotopic (exact) mass is 401 g/mol. The van der Waals surface area contributed by atoms with Gasteiger partial charge in [0.05, 0.1) is 16.9 Å². The number of aromatic nitrogens is 2. The smallest absolute Gasteiger partial charge is 0.154 e. The van der Waals surface area contributed by atoms with Gasteiger partial charge in [-0.1, -0.05) is 24.4 Å². The number of hydrogen-bond donors (Lipinski definition) is 4. The molecular weight excluding hydrogens is 374 g/mol. The number of halogens is 1. The Hall–Kier alpha value is -2.12. The molecule has 5 N–H and O–H groups in total. The summed E-state index contributed by atoms with van der Waals surface area (Å²) in [6.07, 6.45) is 13.0. The Kier molecular flexibility index (Phi) is 5.29. The molecule has 150 valence electrons. The second-order valence-electron chi connectivity index (χ2n) is 8.01. The van der Waals surface area contributed by atoms with Gasteiger partial charge in [0.2, 0.25) is 0 Å². The van der Waals surface area contributed by atoms with E-state index in [-0.39, 0.29) is 17.7 Å². The van der Waals surface area contributed by atoms with Crippen LogP contribution < -0.4 is 21.3 Å². The lowest BCUT2D eigenvalue weighted by Crippen LogP contribution is -2.40. The fourth-order valence-corrected chi connectivity index (χ4v) is 4.98. The largest absolute Gasteiger partial charge is 0.382 e. The average molecular weight is 402 g/mol. The Balaban J connectivity index is 1.51. The van der Waals surface area contributed by atoms with Gasteiger partial charge < -0.3 is 16.0 Å². The van der Waals surface area contributed by atoms with Crippen LogP contribution in [0.3, 0.4) is 0 Å². The van der Waals surface area contributed by atoms with Crippen LogP contribution in [0.4, 0.5) is 11.6 Å². The third-order valence-electron chi connectivity index (χ3n) is 6.42. The average Bonchev–Trinajstić information content (AvgIpc) is 3.16. The Morgan fingerprint density at radius 3 is 2.68 bits per heavy atom. The summed E-state index contributed by atoms with van der Waals surface area (Å²) in [6, 6.07) is 0. The first-order chi connectivity index (χ1) is 13.5. The van der Waals surface area contributed by atoms with E-state index in [9.17, 15) is 0 Å². The van der Waals surface area contributed by atoms with E-state index in [1.165, 1.54) is 38.5 Å². The van der Waals surface area contributed by atoms with Crippen LogP contribution in [0.1, 0.15) is 44.2 Å². The van der Waals surface area contributed by atoms with Crippen LogP contribution in [0.2, 0.25) is 0 Å². The van der Waals surface area contributed by atoms with Crippen molar-refractivity contribution in [2.24, 2.45) is 5.41 Å². The maximum Gasteiger partial charge on any atom is 0.154 e. The maximum atomic E-state index is 8.54. The molecule has 2 aliphatic heterocycles. The van der Waals surface area contributed by atoms with Gasteiger partial charge in [-0.05, 0) is 50.4 Å². The van der Waals surface area contributed by atoms with Crippen LogP contribution in [0.25, 0.3) is 0 Å². The van der Waals surface area contributed by atoms with Crippen LogP contribution in [0.5, 0.6) is 0 Å². The van der Waals surface area contributed by atoms with E-state index in [2.05, 4.69) is 25.5 Å². The molecule has 1 unspecified atom stereocenters. The molecule has 1 spiro atoms. The third kappa shape index (κ3) is 3.49. The second kappa shape index (κ2) is 7.72. The standard InChI is InChI=1S/C20H28ClN7/c1-24-19-15(21)13(4-9-25-19)16(22)17-18(23)27-14(12-26-17)28-10-7-20(8-11-28)5-2-3-6-20/h4,9,12,19,22,24-25H,2-3,5-8,10-11H2,1H3,(H2,23,27). The van der Waals surface area contributed by atoms with Gasteiger partial charge in [0.25, 0.3) is 0 Å². The van der Waals surface area contributed by atoms with E-state index >= 15 is 0 Å². The Morgan fingerprint density at radius 1 is 1.32 bits per heavy atom. The molecule has 0 radical (unpaired) electrons. The Bertz CT molecular complexity index is 816. The van der Waals surface area contributed by atoms with Gasteiger partial charge in [-0.2, -0.15) is 0 Å². The summed E-state index contributed by atoms with van der Waals surface area (Å²) in [5.74, 6) is 1.07. The number of nitrogens with one attached hydrogen (secondary N) is 3. The van der Waals surface area contributed by atoms with E-state index < -0.39 is 0 Å². The summed E-state index contributed by atoms with van der Waals surface area (Å²) in [6.45, 7) is 2.00. The molecule has 1 atom stereocenters. The zero-order valence-electron chi connectivity index (χ0n) is 16.3. The van der Waals surface area contributed by atoms with Crippen molar-refractivity contribution in [1.82, 2.24) is 20.6 Å². The molecule has 8 heteroatoms.